The third-order valence-electron chi connectivity index (χ3n) is 3.84. The second-order valence-electron chi connectivity index (χ2n) is 5.98. The molecular weight excluding hydrogens is 290 g/mol. The Morgan fingerprint density at radius 1 is 1.04 bits per heavy atom. The Kier molecular flexibility index (Phi) is 4.51. The molecule has 120 valence electrons. The van der Waals surface area contributed by atoms with Gasteiger partial charge in [0, 0.05) is 11.8 Å². The van der Waals surface area contributed by atoms with Crippen LogP contribution in [-0.2, 0) is 11.2 Å². The van der Waals surface area contributed by atoms with E-state index in [1.165, 1.54) is 5.56 Å². The Hall–Kier alpha value is -2.49. The number of benzene rings is 2. The van der Waals surface area contributed by atoms with Crippen LogP contribution in [0.25, 0.3) is 0 Å². The van der Waals surface area contributed by atoms with Gasteiger partial charge >= 0.3 is 0 Å². The summed E-state index contributed by atoms with van der Waals surface area (Å²) in [6.07, 6.45) is 0.354. The first kappa shape index (κ1) is 15.4. The van der Waals surface area contributed by atoms with Crippen molar-refractivity contribution in [1.82, 2.24) is 0 Å². The molecule has 23 heavy (non-hydrogen) atoms. The van der Waals surface area contributed by atoms with Gasteiger partial charge in [-0.25, -0.2) is 0 Å². The molecule has 0 atom stereocenters. The molecule has 2 aromatic rings. The molecule has 3 rings (SSSR count). The minimum atomic E-state index is -0.0426. The van der Waals surface area contributed by atoms with Crippen molar-refractivity contribution in [2.24, 2.45) is 0 Å². The monoisotopic (exact) mass is 311 g/mol. The molecule has 0 radical (unpaired) electrons. The van der Waals surface area contributed by atoms with Crippen LogP contribution in [0.5, 0.6) is 11.5 Å². The van der Waals surface area contributed by atoms with E-state index in [1.54, 1.807) is 6.07 Å². The molecule has 4 nitrogen and oxygen atoms in total. The first-order valence-electron chi connectivity index (χ1n) is 7.90. The number of rotatable bonds is 4. The maximum atomic E-state index is 12.2. The van der Waals surface area contributed by atoms with Gasteiger partial charge in [0.2, 0.25) is 5.91 Å². The zero-order valence-electron chi connectivity index (χ0n) is 13.5. The number of fused-ring (bicyclic) bond motifs is 1. The van der Waals surface area contributed by atoms with Gasteiger partial charge in [0.05, 0.1) is 6.42 Å². The number of anilines is 1. The summed E-state index contributed by atoms with van der Waals surface area (Å²) in [6.45, 7) is 5.41. The van der Waals surface area contributed by atoms with E-state index in [-0.39, 0.29) is 5.91 Å². The molecule has 2 aromatic carbocycles. The van der Waals surface area contributed by atoms with Gasteiger partial charge in [-0.3, -0.25) is 4.79 Å². The van der Waals surface area contributed by atoms with E-state index in [4.69, 9.17) is 9.47 Å². The molecule has 0 saturated heterocycles. The number of carbonyl (C=O) groups is 1. The molecule has 0 spiro atoms. The van der Waals surface area contributed by atoms with E-state index >= 15 is 0 Å². The van der Waals surface area contributed by atoms with Crippen LogP contribution in [0, 0.1) is 0 Å². The van der Waals surface area contributed by atoms with Gasteiger partial charge in [0.25, 0.3) is 0 Å². The molecule has 4 heteroatoms. The molecule has 0 aromatic heterocycles. The van der Waals surface area contributed by atoms with E-state index in [9.17, 15) is 4.79 Å². The highest BCUT2D eigenvalue weighted by atomic mass is 16.6. The topological polar surface area (TPSA) is 47.6 Å². The molecule has 0 aliphatic carbocycles. The van der Waals surface area contributed by atoms with Gasteiger partial charge in [-0.05, 0) is 29.2 Å². The SMILES string of the molecule is CC(C)c1ccc(CC(=O)Nc2ccc3c(c2)OCCO3)cc1. The summed E-state index contributed by atoms with van der Waals surface area (Å²) in [5, 5.41) is 2.90. The van der Waals surface area contributed by atoms with Crippen LogP contribution in [0.3, 0.4) is 0 Å². The summed E-state index contributed by atoms with van der Waals surface area (Å²) in [6, 6.07) is 13.6. The van der Waals surface area contributed by atoms with E-state index < -0.39 is 0 Å². The average Bonchev–Trinajstić information content (AvgIpc) is 2.55. The van der Waals surface area contributed by atoms with Crippen molar-refractivity contribution in [2.75, 3.05) is 18.5 Å². The largest absolute Gasteiger partial charge is 0.486 e. The minimum absolute atomic E-state index is 0.0426. The molecule has 0 bridgehead atoms. The Bertz CT molecular complexity index is 692. The van der Waals surface area contributed by atoms with Crippen LogP contribution in [0.4, 0.5) is 5.69 Å². The first-order chi connectivity index (χ1) is 11.1. The van der Waals surface area contributed by atoms with Crippen molar-refractivity contribution in [3.8, 4) is 11.5 Å². The quantitative estimate of drug-likeness (QED) is 0.935. The van der Waals surface area contributed by atoms with E-state index in [2.05, 4.69) is 31.3 Å². The third-order valence-corrected chi connectivity index (χ3v) is 3.84. The Balaban J connectivity index is 1.63. The molecular formula is C19H21NO3. The predicted molar refractivity (Wildman–Crippen MR) is 90.3 cm³/mol. The van der Waals surface area contributed by atoms with Crippen molar-refractivity contribution < 1.29 is 14.3 Å². The van der Waals surface area contributed by atoms with Crippen LogP contribution in [0.1, 0.15) is 30.9 Å². The second-order valence-corrected chi connectivity index (χ2v) is 5.98. The van der Waals surface area contributed by atoms with E-state index in [0.29, 0.717) is 31.3 Å². The van der Waals surface area contributed by atoms with Crippen molar-refractivity contribution in [1.29, 1.82) is 0 Å². The average molecular weight is 311 g/mol. The van der Waals surface area contributed by atoms with Crippen molar-refractivity contribution >= 4 is 11.6 Å². The molecule has 1 heterocycles. The van der Waals surface area contributed by atoms with Gasteiger partial charge in [-0.1, -0.05) is 38.1 Å². The van der Waals surface area contributed by atoms with Crippen LogP contribution in [0.2, 0.25) is 0 Å². The van der Waals surface area contributed by atoms with Gasteiger partial charge in [0.15, 0.2) is 11.5 Å². The first-order valence-corrected chi connectivity index (χ1v) is 7.90. The van der Waals surface area contributed by atoms with Crippen LogP contribution < -0.4 is 14.8 Å². The Morgan fingerprint density at radius 3 is 2.43 bits per heavy atom. The number of hydrogen-bond donors (Lipinski definition) is 1. The normalized spacial score (nSPS) is 13.0. The van der Waals surface area contributed by atoms with Gasteiger partial charge in [0.1, 0.15) is 13.2 Å². The maximum Gasteiger partial charge on any atom is 0.228 e. The lowest BCUT2D eigenvalue weighted by Crippen LogP contribution is -2.17. The molecule has 1 aliphatic heterocycles. The summed E-state index contributed by atoms with van der Waals surface area (Å²) in [4.78, 5) is 12.2. The van der Waals surface area contributed by atoms with Gasteiger partial charge < -0.3 is 14.8 Å². The lowest BCUT2D eigenvalue weighted by Gasteiger charge is -2.19. The fourth-order valence-electron chi connectivity index (χ4n) is 2.53. The summed E-state index contributed by atoms with van der Waals surface area (Å²) in [5.41, 5.74) is 3.00. The number of carbonyl (C=O) groups excluding carboxylic acids is 1. The standard InChI is InChI=1S/C19H21NO3/c1-13(2)15-5-3-14(4-6-15)11-19(21)20-16-7-8-17-18(12-16)23-10-9-22-17/h3-8,12-13H,9-11H2,1-2H3,(H,20,21). The van der Waals surface area contributed by atoms with Crippen LogP contribution in [0.15, 0.2) is 42.5 Å². The zero-order chi connectivity index (χ0) is 16.2. The van der Waals surface area contributed by atoms with Crippen LogP contribution in [-0.4, -0.2) is 19.1 Å². The molecule has 1 N–H and O–H groups in total. The fraction of sp³-hybridized carbons (Fsp3) is 0.316. The molecule has 1 aliphatic rings. The molecule has 0 unspecified atom stereocenters. The highest BCUT2D eigenvalue weighted by Gasteiger charge is 2.13. The smallest absolute Gasteiger partial charge is 0.228 e. The highest BCUT2D eigenvalue weighted by Crippen LogP contribution is 2.32. The molecule has 1 amide bonds. The second kappa shape index (κ2) is 6.73. The Labute approximate surface area is 136 Å². The lowest BCUT2D eigenvalue weighted by molar-refractivity contribution is -0.115. The van der Waals surface area contributed by atoms with E-state index in [1.807, 2.05) is 24.3 Å². The summed E-state index contributed by atoms with van der Waals surface area (Å²) in [5.74, 6) is 1.85. The number of ether oxygens (including phenoxy) is 2. The predicted octanol–water partition coefficient (Wildman–Crippen LogP) is 3.76. The highest BCUT2D eigenvalue weighted by molar-refractivity contribution is 5.92. The fourth-order valence-corrected chi connectivity index (χ4v) is 2.53. The minimum Gasteiger partial charge on any atom is -0.486 e. The Morgan fingerprint density at radius 2 is 1.74 bits per heavy atom. The van der Waals surface area contributed by atoms with Crippen molar-refractivity contribution in [3.63, 3.8) is 0 Å². The van der Waals surface area contributed by atoms with Crippen molar-refractivity contribution in [3.05, 3.63) is 53.6 Å². The number of nitrogens with one attached hydrogen (secondary N) is 1. The lowest BCUT2D eigenvalue weighted by atomic mass is 10.0. The zero-order valence-corrected chi connectivity index (χ0v) is 13.5. The maximum absolute atomic E-state index is 12.2. The van der Waals surface area contributed by atoms with Crippen LogP contribution >= 0.6 is 0 Å². The number of amides is 1. The summed E-state index contributed by atoms with van der Waals surface area (Å²) < 4.78 is 11.0. The van der Waals surface area contributed by atoms with Crippen molar-refractivity contribution in [2.45, 2.75) is 26.2 Å². The van der Waals surface area contributed by atoms with E-state index in [0.717, 1.165) is 17.0 Å². The van der Waals surface area contributed by atoms with Gasteiger partial charge in [-0.15, -0.1) is 0 Å². The van der Waals surface area contributed by atoms with Gasteiger partial charge in [-0.2, -0.15) is 0 Å². The number of hydrogen-bond acceptors (Lipinski definition) is 3. The summed E-state index contributed by atoms with van der Waals surface area (Å²) in [7, 11) is 0. The molecule has 0 saturated carbocycles. The molecule has 0 fully saturated rings. The summed E-state index contributed by atoms with van der Waals surface area (Å²) >= 11 is 0. The third kappa shape index (κ3) is 3.83.